The maximum absolute atomic E-state index is 13.0. The van der Waals surface area contributed by atoms with Crippen LogP contribution >= 0.6 is 0 Å². The van der Waals surface area contributed by atoms with E-state index in [1.165, 1.54) is 0 Å². The van der Waals surface area contributed by atoms with E-state index >= 15 is 0 Å². The highest BCUT2D eigenvalue weighted by Gasteiger charge is 2.46. The summed E-state index contributed by atoms with van der Waals surface area (Å²) in [5, 5.41) is 15.7. The molecule has 1 aliphatic carbocycles. The van der Waals surface area contributed by atoms with Gasteiger partial charge in [0.25, 0.3) is 5.91 Å². The van der Waals surface area contributed by atoms with Gasteiger partial charge >= 0.3 is 0 Å². The molecule has 148 valence electrons. The second-order valence-electron chi connectivity index (χ2n) is 8.48. The molecule has 0 unspecified atom stereocenters. The number of aromatic nitrogens is 3. The molecule has 4 heterocycles. The van der Waals surface area contributed by atoms with Crippen LogP contribution in [0.4, 0.5) is 0 Å². The van der Waals surface area contributed by atoms with Crippen molar-refractivity contribution in [2.45, 2.75) is 24.8 Å². The van der Waals surface area contributed by atoms with E-state index in [1.807, 2.05) is 31.4 Å². The molecular weight excluding hydrogens is 376 g/mol. The molecule has 0 atom stereocenters. The fourth-order valence-corrected chi connectivity index (χ4v) is 5.05. The molecule has 30 heavy (non-hydrogen) atoms. The molecule has 0 saturated carbocycles. The molecule has 0 radical (unpaired) electrons. The minimum atomic E-state index is -0.157. The quantitative estimate of drug-likeness (QED) is 0.653. The van der Waals surface area contributed by atoms with Crippen LogP contribution in [0.25, 0.3) is 22.8 Å². The van der Waals surface area contributed by atoms with Crippen LogP contribution in [0.1, 0.15) is 32.7 Å². The molecule has 1 saturated heterocycles. The van der Waals surface area contributed by atoms with E-state index in [0.29, 0.717) is 11.4 Å². The summed E-state index contributed by atoms with van der Waals surface area (Å²) in [6, 6.07) is 9.52. The summed E-state index contributed by atoms with van der Waals surface area (Å²) in [4.78, 5) is 22.5. The van der Waals surface area contributed by atoms with Crippen LogP contribution in [0.3, 0.4) is 0 Å². The van der Waals surface area contributed by atoms with Gasteiger partial charge in [0.15, 0.2) is 5.82 Å². The van der Waals surface area contributed by atoms with Crippen LogP contribution in [0.2, 0.25) is 0 Å². The molecule has 1 amide bonds. The number of hydrogen-bond donors (Lipinski definition) is 2. The van der Waals surface area contributed by atoms with E-state index in [4.69, 9.17) is 4.98 Å². The average Bonchev–Trinajstić information content (AvgIpc) is 3.05. The zero-order valence-corrected chi connectivity index (χ0v) is 16.6. The van der Waals surface area contributed by atoms with Gasteiger partial charge in [0.2, 0.25) is 0 Å². The number of rotatable bonds is 1. The van der Waals surface area contributed by atoms with Crippen molar-refractivity contribution in [3.8, 4) is 28.8 Å². The van der Waals surface area contributed by atoms with Crippen LogP contribution in [0, 0.1) is 11.3 Å². The number of nitrogens with zero attached hydrogens (tertiary/aromatic N) is 4. The SMILES string of the molecule is Cn1c2c(c3c1-c1nc(-c4cccc(C#N)c4)ncc1CC3)C(=O)NC1(CNC1)C2. The average molecular weight is 396 g/mol. The molecule has 1 aromatic carbocycles. The molecule has 1 spiro atoms. The van der Waals surface area contributed by atoms with Crippen LogP contribution in [0.5, 0.6) is 0 Å². The third-order valence-corrected chi connectivity index (χ3v) is 6.64. The fourth-order valence-electron chi connectivity index (χ4n) is 5.05. The van der Waals surface area contributed by atoms with Gasteiger partial charge in [-0.1, -0.05) is 12.1 Å². The minimum absolute atomic E-state index is 0.0362. The molecule has 0 bridgehead atoms. The second kappa shape index (κ2) is 6.00. The number of nitriles is 1. The number of fused-ring (bicyclic) bond motifs is 5. The molecule has 6 rings (SSSR count). The largest absolute Gasteiger partial charge is 0.345 e. The molecular formula is C23H20N6O. The number of aryl methyl sites for hydroxylation is 1. The smallest absolute Gasteiger partial charge is 0.253 e. The van der Waals surface area contributed by atoms with Crippen molar-refractivity contribution in [3.05, 3.63) is 58.4 Å². The highest BCUT2D eigenvalue weighted by atomic mass is 16.2. The highest BCUT2D eigenvalue weighted by Crippen LogP contribution is 2.40. The van der Waals surface area contributed by atoms with Crippen molar-refractivity contribution in [1.29, 1.82) is 5.26 Å². The van der Waals surface area contributed by atoms with Crippen molar-refractivity contribution in [3.63, 3.8) is 0 Å². The highest BCUT2D eigenvalue weighted by molar-refractivity contribution is 6.01. The van der Waals surface area contributed by atoms with Gasteiger partial charge in [0, 0.05) is 44.0 Å². The Morgan fingerprint density at radius 1 is 1.27 bits per heavy atom. The van der Waals surface area contributed by atoms with Crippen LogP contribution in [-0.2, 0) is 26.3 Å². The van der Waals surface area contributed by atoms with Gasteiger partial charge < -0.3 is 15.2 Å². The van der Waals surface area contributed by atoms with Gasteiger partial charge in [0.05, 0.1) is 34.1 Å². The number of amides is 1. The standard InChI is InChI=1S/C23H20N6O/c1-29-17-8-23(11-25-12-23)28-22(30)18(17)16-6-5-15-10-26-21(27-19(15)20(16)29)14-4-2-3-13(7-14)9-24/h2-4,7,10,25H,5-6,8,11-12H2,1H3,(H,28,30). The van der Waals surface area contributed by atoms with Gasteiger partial charge in [0.1, 0.15) is 0 Å². The van der Waals surface area contributed by atoms with E-state index in [-0.39, 0.29) is 11.4 Å². The molecule has 3 aromatic rings. The third kappa shape index (κ3) is 2.31. The topological polar surface area (TPSA) is 95.6 Å². The Bertz CT molecular complexity index is 1280. The predicted octanol–water partition coefficient (Wildman–Crippen LogP) is 1.75. The Balaban J connectivity index is 1.52. The first-order valence-electron chi connectivity index (χ1n) is 10.2. The first kappa shape index (κ1) is 17.4. The monoisotopic (exact) mass is 396 g/mol. The zero-order valence-electron chi connectivity index (χ0n) is 16.6. The summed E-state index contributed by atoms with van der Waals surface area (Å²) in [7, 11) is 2.04. The second-order valence-corrected chi connectivity index (χ2v) is 8.48. The first-order valence-corrected chi connectivity index (χ1v) is 10.2. The molecule has 2 N–H and O–H groups in total. The minimum Gasteiger partial charge on any atom is -0.345 e. The van der Waals surface area contributed by atoms with E-state index in [1.54, 1.807) is 6.07 Å². The zero-order chi connectivity index (χ0) is 20.5. The lowest BCUT2D eigenvalue weighted by molar-refractivity contribution is 0.0824. The van der Waals surface area contributed by atoms with Crippen LogP contribution in [0.15, 0.2) is 30.5 Å². The normalized spacial score (nSPS) is 17.9. The van der Waals surface area contributed by atoms with Gasteiger partial charge in [-0.05, 0) is 36.1 Å². The van der Waals surface area contributed by atoms with E-state index < -0.39 is 0 Å². The Hall–Kier alpha value is -3.50. The molecule has 7 heteroatoms. The van der Waals surface area contributed by atoms with E-state index in [2.05, 4.69) is 26.3 Å². The first-order chi connectivity index (χ1) is 14.6. The number of carbonyl (C=O) groups excluding carboxylic acids is 1. The molecule has 3 aliphatic rings. The summed E-state index contributed by atoms with van der Waals surface area (Å²) in [5.41, 5.74) is 7.30. The van der Waals surface area contributed by atoms with Gasteiger partial charge in [-0.3, -0.25) is 4.79 Å². The van der Waals surface area contributed by atoms with Gasteiger partial charge in [-0.2, -0.15) is 5.26 Å². The number of nitrogens with one attached hydrogen (secondary N) is 2. The molecule has 2 aromatic heterocycles. The van der Waals surface area contributed by atoms with Crippen molar-refractivity contribution in [2.75, 3.05) is 13.1 Å². The predicted molar refractivity (Wildman–Crippen MR) is 111 cm³/mol. The molecule has 1 fully saturated rings. The van der Waals surface area contributed by atoms with Crippen LogP contribution in [-0.4, -0.2) is 39.1 Å². The van der Waals surface area contributed by atoms with Crippen molar-refractivity contribution in [2.24, 2.45) is 7.05 Å². The van der Waals surface area contributed by atoms with E-state index in [9.17, 15) is 10.1 Å². The molecule has 7 nitrogen and oxygen atoms in total. The summed E-state index contributed by atoms with van der Waals surface area (Å²) in [6.07, 6.45) is 4.36. The summed E-state index contributed by atoms with van der Waals surface area (Å²) >= 11 is 0. The lowest BCUT2D eigenvalue weighted by atomic mass is 9.81. The Morgan fingerprint density at radius 2 is 2.13 bits per heavy atom. The Labute approximate surface area is 173 Å². The Morgan fingerprint density at radius 3 is 2.90 bits per heavy atom. The summed E-state index contributed by atoms with van der Waals surface area (Å²) in [6.45, 7) is 1.62. The Kier molecular flexibility index (Phi) is 3.47. The van der Waals surface area contributed by atoms with E-state index in [0.717, 1.165) is 71.7 Å². The van der Waals surface area contributed by atoms with Crippen molar-refractivity contribution < 1.29 is 4.79 Å². The summed E-state index contributed by atoms with van der Waals surface area (Å²) < 4.78 is 2.17. The maximum Gasteiger partial charge on any atom is 0.253 e. The fraction of sp³-hybridized carbons (Fsp3) is 0.304. The lowest BCUT2D eigenvalue weighted by Gasteiger charge is -2.45. The number of carbonyl (C=O) groups is 1. The lowest BCUT2D eigenvalue weighted by Crippen LogP contribution is -2.71. The number of hydrogen-bond acceptors (Lipinski definition) is 5. The molecule has 2 aliphatic heterocycles. The number of benzene rings is 1. The van der Waals surface area contributed by atoms with Gasteiger partial charge in [-0.25, -0.2) is 9.97 Å². The van der Waals surface area contributed by atoms with Crippen molar-refractivity contribution in [1.82, 2.24) is 25.2 Å². The summed E-state index contributed by atoms with van der Waals surface area (Å²) in [5.74, 6) is 0.635. The van der Waals surface area contributed by atoms with Crippen LogP contribution < -0.4 is 10.6 Å². The van der Waals surface area contributed by atoms with Crippen molar-refractivity contribution >= 4 is 5.91 Å². The van der Waals surface area contributed by atoms with Gasteiger partial charge in [-0.15, -0.1) is 0 Å². The maximum atomic E-state index is 13.0. The third-order valence-electron chi connectivity index (χ3n) is 6.64.